The number of carbonyl (C=O) groups is 1. The van der Waals surface area contributed by atoms with Crippen molar-refractivity contribution in [3.63, 3.8) is 0 Å². The van der Waals surface area contributed by atoms with Gasteiger partial charge in [-0.1, -0.05) is 31.5 Å². The van der Waals surface area contributed by atoms with Gasteiger partial charge in [0.15, 0.2) is 0 Å². The Kier molecular flexibility index (Phi) is 4.94. The van der Waals surface area contributed by atoms with Crippen molar-refractivity contribution < 1.29 is 4.79 Å². The third-order valence-corrected chi connectivity index (χ3v) is 5.50. The topological polar surface area (TPSA) is 20.3 Å². The highest BCUT2D eigenvalue weighted by atomic mass is 32.1. The third kappa shape index (κ3) is 3.41. The van der Waals surface area contributed by atoms with Crippen LogP contribution in [-0.2, 0) is 6.42 Å². The van der Waals surface area contributed by atoms with E-state index in [2.05, 4.69) is 36.6 Å². The van der Waals surface area contributed by atoms with Crippen LogP contribution in [0.25, 0.3) is 0 Å². The first-order chi connectivity index (χ1) is 10.8. The van der Waals surface area contributed by atoms with Gasteiger partial charge in [0, 0.05) is 23.5 Å². The second-order valence-electron chi connectivity index (χ2n) is 6.03. The Bertz CT molecular complexity index is 595. The summed E-state index contributed by atoms with van der Waals surface area (Å²) < 4.78 is 0. The van der Waals surface area contributed by atoms with Gasteiger partial charge >= 0.3 is 0 Å². The molecule has 0 aliphatic carbocycles. The number of amides is 1. The largest absolute Gasteiger partial charge is 0.339 e. The normalized spacial score (nSPS) is 16.0. The van der Waals surface area contributed by atoms with E-state index in [1.54, 1.807) is 0 Å². The molecule has 0 spiro atoms. The molecule has 0 saturated carbocycles. The minimum absolute atomic E-state index is 0.188. The van der Waals surface area contributed by atoms with Crippen LogP contribution in [0.15, 0.2) is 41.8 Å². The Hall–Kier alpha value is -1.61. The van der Waals surface area contributed by atoms with Crippen molar-refractivity contribution in [2.24, 2.45) is 0 Å². The van der Waals surface area contributed by atoms with Gasteiger partial charge in [0.25, 0.3) is 5.91 Å². The first kappa shape index (κ1) is 15.3. The Morgan fingerprint density at radius 1 is 1.18 bits per heavy atom. The number of hydrogen-bond donors (Lipinski definition) is 0. The predicted molar refractivity (Wildman–Crippen MR) is 92.6 cm³/mol. The maximum Gasteiger partial charge on any atom is 0.253 e. The number of rotatable bonds is 4. The zero-order chi connectivity index (χ0) is 15.4. The highest BCUT2D eigenvalue weighted by Crippen LogP contribution is 2.31. The molecule has 0 radical (unpaired) electrons. The van der Waals surface area contributed by atoms with Crippen LogP contribution < -0.4 is 0 Å². The summed E-state index contributed by atoms with van der Waals surface area (Å²) in [5, 5.41) is 2.14. The second-order valence-corrected chi connectivity index (χ2v) is 7.01. The molecule has 3 rings (SSSR count). The fraction of sp³-hybridized carbons (Fsp3) is 0.421. The van der Waals surface area contributed by atoms with E-state index >= 15 is 0 Å². The van der Waals surface area contributed by atoms with E-state index in [1.807, 2.05) is 28.4 Å². The van der Waals surface area contributed by atoms with E-state index in [4.69, 9.17) is 0 Å². The van der Waals surface area contributed by atoms with Crippen LogP contribution in [0.5, 0.6) is 0 Å². The Labute approximate surface area is 136 Å². The SMILES string of the molecule is CCCc1ccc(C(=O)N2CCC(c3cccs3)CC2)cc1. The second kappa shape index (κ2) is 7.10. The summed E-state index contributed by atoms with van der Waals surface area (Å²) in [6.07, 6.45) is 4.39. The highest BCUT2D eigenvalue weighted by Gasteiger charge is 2.24. The summed E-state index contributed by atoms with van der Waals surface area (Å²) in [6, 6.07) is 12.5. The number of nitrogens with zero attached hydrogens (tertiary/aromatic N) is 1. The lowest BCUT2D eigenvalue weighted by atomic mass is 9.95. The molecule has 1 aromatic carbocycles. The van der Waals surface area contributed by atoms with Crippen LogP contribution in [0.2, 0.25) is 0 Å². The van der Waals surface area contributed by atoms with Crippen molar-refractivity contribution in [2.45, 2.75) is 38.5 Å². The maximum atomic E-state index is 12.6. The van der Waals surface area contributed by atoms with Crippen molar-refractivity contribution in [2.75, 3.05) is 13.1 Å². The molecular formula is C19H23NOS. The molecule has 2 aromatic rings. The minimum Gasteiger partial charge on any atom is -0.339 e. The van der Waals surface area contributed by atoms with E-state index in [1.165, 1.54) is 10.4 Å². The van der Waals surface area contributed by atoms with E-state index in [9.17, 15) is 4.79 Å². The number of hydrogen-bond acceptors (Lipinski definition) is 2. The van der Waals surface area contributed by atoms with Crippen LogP contribution in [0.4, 0.5) is 0 Å². The quantitative estimate of drug-likeness (QED) is 0.799. The van der Waals surface area contributed by atoms with E-state index < -0.39 is 0 Å². The Morgan fingerprint density at radius 2 is 1.91 bits per heavy atom. The molecule has 1 amide bonds. The molecule has 3 heteroatoms. The van der Waals surface area contributed by atoms with E-state index in [0.717, 1.165) is 44.3 Å². The zero-order valence-electron chi connectivity index (χ0n) is 13.1. The summed E-state index contributed by atoms with van der Waals surface area (Å²) in [6.45, 7) is 3.92. The number of thiophene rings is 1. The first-order valence-corrected chi connectivity index (χ1v) is 9.07. The van der Waals surface area contributed by atoms with Crippen LogP contribution >= 0.6 is 11.3 Å². The average molecular weight is 313 g/mol. The molecule has 22 heavy (non-hydrogen) atoms. The fourth-order valence-electron chi connectivity index (χ4n) is 3.18. The van der Waals surface area contributed by atoms with Gasteiger partial charge in [-0.2, -0.15) is 0 Å². The molecule has 1 fully saturated rings. The fourth-order valence-corrected chi connectivity index (χ4v) is 4.08. The number of likely N-dealkylation sites (tertiary alicyclic amines) is 1. The molecule has 0 N–H and O–H groups in total. The molecule has 1 aliphatic heterocycles. The van der Waals surface area contributed by atoms with Gasteiger partial charge in [-0.25, -0.2) is 0 Å². The molecule has 0 unspecified atom stereocenters. The summed E-state index contributed by atoms with van der Waals surface area (Å²) in [4.78, 5) is 16.1. The molecule has 1 aliphatic rings. The number of benzene rings is 1. The lowest BCUT2D eigenvalue weighted by molar-refractivity contribution is 0.0713. The van der Waals surface area contributed by atoms with Crippen molar-refractivity contribution >= 4 is 17.2 Å². The lowest BCUT2D eigenvalue weighted by Gasteiger charge is -2.31. The van der Waals surface area contributed by atoms with Crippen molar-refractivity contribution in [1.29, 1.82) is 0 Å². The van der Waals surface area contributed by atoms with Gasteiger partial charge in [0.05, 0.1) is 0 Å². The lowest BCUT2D eigenvalue weighted by Crippen LogP contribution is -2.37. The average Bonchev–Trinajstić information content (AvgIpc) is 3.10. The number of aryl methyl sites for hydroxylation is 1. The monoisotopic (exact) mass is 313 g/mol. The maximum absolute atomic E-state index is 12.6. The highest BCUT2D eigenvalue weighted by molar-refractivity contribution is 7.10. The summed E-state index contributed by atoms with van der Waals surface area (Å²) >= 11 is 1.84. The molecule has 2 heterocycles. The standard InChI is InChI=1S/C19H23NOS/c1-2-4-15-6-8-17(9-7-15)19(21)20-12-10-16(11-13-20)18-5-3-14-22-18/h3,5-9,14,16H,2,4,10-13H2,1H3. The summed E-state index contributed by atoms with van der Waals surface area (Å²) in [7, 11) is 0. The predicted octanol–water partition coefficient (Wildman–Crippen LogP) is 4.72. The summed E-state index contributed by atoms with van der Waals surface area (Å²) in [5.74, 6) is 0.823. The first-order valence-electron chi connectivity index (χ1n) is 8.19. The van der Waals surface area contributed by atoms with Gasteiger partial charge in [-0.05, 0) is 54.3 Å². The summed E-state index contributed by atoms with van der Waals surface area (Å²) in [5.41, 5.74) is 2.14. The molecule has 2 nitrogen and oxygen atoms in total. The molecule has 1 aromatic heterocycles. The van der Waals surface area contributed by atoms with Gasteiger partial charge < -0.3 is 4.90 Å². The molecular weight excluding hydrogens is 290 g/mol. The van der Waals surface area contributed by atoms with Gasteiger partial charge in [-0.3, -0.25) is 4.79 Å². The molecule has 0 bridgehead atoms. The molecule has 0 atom stereocenters. The Morgan fingerprint density at radius 3 is 2.50 bits per heavy atom. The zero-order valence-corrected chi connectivity index (χ0v) is 13.9. The molecule has 116 valence electrons. The molecule has 1 saturated heterocycles. The van der Waals surface area contributed by atoms with Crippen molar-refractivity contribution in [1.82, 2.24) is 4.90 Å². The van der Waals surface area contributed by atoms with E-state index in [-0.39, 0.29) is 5.91 Å². The number of carbonyl (C=O) groups excluding carboxylic acids is 1. The van der Waals surface area contributed by atoms with Gasteiger partial charge in [0.1, 0.15) is 0 Å². The van der Waals surface area contributed by atoms with Crippen molar-refractivity contribution in [3.8, 4) is 0 Å². The smallest absolute Gasteiger partial charge is 0.253 e. The van der Waals surface area contributed by atoms with Crippen LogP contribution in [0.3, 0.4) is 0 Å². The minimum atomic E-state index is 0.188. The van der Waals surface area contributed by atoms with Crippen LogP contribution in [0, 0.1) is 0 Å². The van der Waals surface area contributed by atoms with Gasteiger partial charge in [-0.15, -0.1) is 11.3 Å². The number of piperidine rings is 1. The third-order valence-electron chi connectivity index (χ3n) is 4.47. The van der Waals surface area contributed by atoms with E-state index in [0.29, 0.717) is 5.92 Å². The van der Waals surface area contributed by atoms with Crippen molar-refractivity contribution in [3.05, 3.63) is 57.8 Å². The van der Waals surface area contributed by atoms with Crippen LogP contribution in [0.1, 0.15) is 52.9 Å². The van der Waals surface area contributed by atoms with Gasteiger partial charge in [0.2, 0.25) is 0 Å². The van der Waals surface area contributed by atoms with Crippen LogP contribution in [-0.4, -0.2) is 23.9 Å². The Balaban J connectivity index is 1.59.